The molecule has 0 amide bonds. The third-order valence-electron chi connectivity index (χ3n) is 8.95. The van der Waals surface area contributed by atoms with Crippen molar-refractivity contribution in [1.29, 1.82) is 0 Å². The summed E-state index contributed by atoms with van der Waals surface area (Å²) in [5.41, 5.74) is 10.9. The molecule has 0 unspecified atom stereocenters. The standard InChI is InChI=1S/C7H8.3C6H7N.2C5H6N2.C5H5N2.4C5H6N2.C5H6S.11C2H6.Y/c1-7-5-3-2-4-6-7;1-6-2-4-7-5-3-6;1-6-3-2-4-7-5-6;1-6-4-2-3-5-7-6;1-5-2-6-4-7-3-5;2*1-5-4-6-2-3-7-5;1-5-2-3-6-4-7-5;1-5-2-3-6-7-4-5;1-5-6-3-2-4-7-5;1-5-3-2-4-6-7-5;1-5-3-2-4-6-5;11*1-2;/h2-6H,1H3;3*2-5H,1H3;2*2-4H,1H3;2,4H,1H3;4*2-4H,1H3;2-4H,1H3;11*1-2H3;/q;;;;;;-1;;;;;;;;;;;;;;;;;. The molecular formula is C87H142N17SY-. The van der Waals surface area contributed by atoms with Crippen LogP contribution in [0.4, 0.5) is 0 Å². The summed E-state index contributed by atoms with van der Waals surface area (Å²) >= 11 is 1.78. The molecule has 11 heterocycles. The first kappa shape index (κ1) is 124. The number of rotatable bonds is 0. The molecule has 19 heteroatoms. The number of aromatic nitrogens is 17. The largest absolute Gasteiger partial charge is 0.453 e. The Morgan fingerprint density at radius 3 is 0.934 bits per heavy atom. The van der Waals surface area contributed by atoms with Crippen LogP contribution in [0.25, 0.3) is 0 Å². The topological polar surface area (TPSA) is 219 Å². The Morgan fingerprint density at radius 2 is 0.717 bits per heavy atom. The zero-order valence-corrected chi connectivity index (χ0v) is 75.8. The van der Waals surface area contributed by atoms with E-state index in [9.17, 15) is 0 Å². The van der Waals surface area contributed by atoms with Gasteiger partial charge in [-0.3, -0.25) is 24.9 Å². The fourth-order valence-electron chi connectivity index (χ4n) is 4.77. The molecule has 0 N–H and O–H groups in total. The molecule has 106 heavy (non-hydrogen) atoms. The molecule has 12 aromatic rings. The first-order valence-corrected chi connectivity index (χ1v) is 37.8. The molecular weight excluding hydrogens is 1400 g/mol. The van der Waals surface area contributed by atoms with E-state index in [0.29, 0.717) is 0 Å². The van der Waals surface area contributed by atoms with Crippen molar-refractivity contribution in [2.45, 2.75) is 235 Å². The van der Waals surface area contributed by atoms with Gasteiger partial charge in [-0.15, -0.1) is 17.5 Å². The van der Waals surface area contributed by atoms with Crippen molar-refractivity contribution < 1.29 is 32.7 Å². The zero-order chi connectivity index (χ0) is 82.6. The summed E-state index contributed by atoms with van der Waals surface area (Å²) in [6, 6.07) is 37.5. The third-order valence-corrected chi connectivity index (χ3v) is 9.75. The SMILES string of the molecule is CC.CC.CC.CC.CC.CC.CC.CC.CC.CC.CC.Cc1ccccc1.Cc1ccccn1.Cc1cccnc1.Cc1cccnn1.Cc1cccs1.Cc1ccncc1.Cc1ccncn1.Cc1ccnnc1.Cc1cnc[c-]n1.Cc1cnccn1.Cc1cncnc1.Cc1ncccn1.[Y]. The van der Waals surface area contributed by atoms with Gasteiger partial charge in [0, 0.05) is 142 Å². The molecule has 17 nitrogen and oxygen atoms in total. The van der Waals surface area contributed by atoms with Gasteiger partial charge < -0.3 is 9.97 Å². The van der Waals surface area contributed by atoms with Crippen molar-refractivity contribution in [3.63, 3.8) is 0 Å². The molecule has 12 rings (SSSR count). The van der Waals surface area contributed by atoms with Gasteiger partial charge >= 0.3 is 0 Å². The first-order valence-electron chi connectivity index (χ1n) is 36.9. The van der Waals surface area contributed by atoms with Crippen LogP contribution in [0.15, 0.2) is 245 Å². The molecule has 11 aromatic heterocycles. The minimum Gasteiger partial charge on any atom is -0.453 e. The van der Waals surface area contributed by atoms with Crippen molar-refractivity contribution in [3.05, 3.63) is 318 Å². The zero-order valence-electron chi connectivity index (χ0n) is 72.2. The smallest absolute Gasteiger partial charge is 0.125 e. The van der Waals surface area contributed by atoms with Crippen LogP contribution in [0.2, 0.25) is 0 Å². The van der Waals surface area contributed by atoms with Crippen LogP contribution in [-0.2, 0) is 32.7 Å². The first-order chi connectivity index (χ1) is 51.2. The number of hydrogen-bond acceptors (Lipinski definition) is 18. The van der Waals surface area contributed by atoms with E-state index >= 15 is 0 Å². The number of benzene rings is 1. The molecule has 1 aromatic carbocycles. The average molecular weight is 1550 g/mol. The van der Waals surface area contributed by atoms with Crippen molar-refractivity contribution in [3.8, 4) is 0 Å². The monoisotopic (exact) mass is 1550 g/mol. The molecule has 0 saturated heterocycles. The van der Waals surface area contributed by atoms with Gasteiger partial charge in [-0.05, 0) is 183 Å². The molecule has 0 aliphatic carbocycles. The Morgan fingerprint density at radius 1 is 0.255 bits per heavy atom. The number of aryl methyl sites for hydroxylation is 12. The number of pyridine rings is 3. The molecule has 585 valence electrons. The second-order valence-electron chi connectivity index (χ2n) is 16.9. The van der Waals surface area contributed by atoms with Crippen LogP contribution in [-0.4, -0.2) is 85.2 Å². The van der Waals surface area contributed by atoms with E-state index < -0.39 is 0 Å². The number of nitrogens with zero attached hydrogens (tertiary/aromatic N) is 17. The second kappa shape index (κ2) is 117. The Hall–Kier alpha value is -8.97. The number of hydrogen-bond donors (Lipinski definition) is 0. The Balaban J connectivity index is -0.0000000887. The summed E-state index contributed by atoms with van der Waals surface area (Å²) in [7, 11) is 0. The number of thiophene rings is 1. The summed E-state index contributed by atoms with van der Waals surface area (Å²) in [6.07, 6.45) is 36.7. The van der Waals surface area contributed by atoms with Crippen molar-refractivity contribution in [1.82, 2.24) is 85.2 Å². The third kappa shape index (κ3) is 114. The van der Waals surface area contributed by atoms with Crippen LogP contribution in [0.5, 0.6) is 0 Å². The molecule has 0 atom stereocenters. The maximum absolute atomic E-state index is 3.98. The van der Waals surface area contributed by atoms with E-state index in [2.05, 4.69) is 135 Å². The molecule has 0 aliphatic heterocycles. The molecule has 0 bridgehead atoms. The minimum absolute atomic E-state index is 0. The van der Waals surface area contributed by atoms with Gasteiger partial charge in [-0.1, -0.05) is 219 Å². The predicted octanol–water partition coefficient (Wildman–Crippen LogP) is 24.8. The van der Waals surface area contributed by atoms with Gasteiger partial charge in [0.25, 0.3) is 0 Å². The van der Waals surface area contributed by atoms with E-state index in [1.165, 1.54) is 40.4 Å². The van der Waals surface area contributed by atoms with Crippen molar-refractivity contribution in [2.75, 3.05) is 0 Å². The summed E-state index contributed by atoms with van der Waals surface area (Å²) < 4.78 is 0. The van der Waals surface area contributed by atoms with Gasteiger partial charge in [-0.2, -0.15) is 20.4 Å². The summed E-state index contributed by atoms with van der Waals surface area (Å²) in [5, 5.41) is 16.7. The molecule has 1 radical (unpaired) electrons. The van der Waals surface area contributed by atoms with Crippen LogP contribution in [0, 0.1) is 89.3 Å². The fourth-order valence-corrected chi connectivity index (χ4v) is 5.30. The van der Waals surface area contributed by atoms with Crippen molar-refractivity contribution >= 4 is 11.3 Å². The van der Waals surface area contributed by atoms with Crippen LogP contribution in [0.1, 0.15) is 219 Å². The minimum atomic E-state index is 0. The summed E-state index contributed by atoms with van der Waals surface area (Å²) in [4.78, 5) is 51.3. The second-order valence-corrected chi connectivity index (χ2v) is 18.0. The fraction of sp³-hybridized carbons (Fsp3) is 0.391. The van der Waals surface area contributed by atoms with Gasteiger partial charge in [0.15, 0.2) is 0 Å². The van der Waals surface area contributed by atoms with Crippen molar-refractivity contribution in [2.24, 2.45) is 0 Å². The average Bonchev–Trinajstić information content (AvgIpc) is 3.92. The van der Waals surface area contributed by atoms with Crippen LogP contribution in [0.3, 0.4) is 0 Å². The quantitative estimate of drug-likeness (QED) is 0.129. The van der Waals surface area contributed by atoms with Gasteiger partial charge in [-0.25, -0.2) is 29.9 Å². The normalized spacial score (nSPS) is 7.45. The summed E-state index contributed by atoms with van der Waals surface area (Å²) in [6.45, 7) is 67.7. The molecule has 0 fully saturated rings. The van der Waals surface area contributed by atoms with Gasteiger partial charge in [0.05, 0.1) is 17.6 Å². The molecule has 0 saturated carbocycles. The maximum atomic E-state index is 3.98. The Labute approximate surface area is 677 Å². The van der Waals surface area contributed by atoms with E-state index in [4.69, 9.17) is 0 Å². The summed E-state index contributed by atoms with van der Waals surface area (Å²) in [5.74, 6) is 0.822. The van der Waals surface area contributed by atoms with E-state index in [1.54, 1.807) is 117 Å². The maximum Gasteiger partial charge on any atom is 0.125 e. The van der Waals surface area contributed by atoms with Gasteiger partial charge in [0.2, 0.25) is 0 Å². The van der Waals surface area contributed by atoms with E-state index in [-0.39, 0.29) is 32.7 Å². The molecule has 0 aliphatic rings. The predicted molar refractivity (Wildman–Crippen MR) is 458 cm³/mol. The van der Waals surface area contributed by atoms with E-state index in [0.717, 1.165) is 45.4 Å². The van der Waals surface area contributed by atoms with Crippen LogP contribution < -0.4 is 0 Å². The van der Waals surface area contributed by atoms with Gasteiger partial charge in [0.1, 0.15) is 18.5 Å². The van der Waals surface area contributed by atoms with E-state index in [1.807, 2.05) is 313 Å². The van der Waals surface area contributed by atoms with Crippen LogP contribution >= 0.6 is 11.3 Å². The molecule has 0 spiro atoms. The Bertz CT molecular complexity index is 2500. The Kier molecular flexibility index (Phi) is 137.